The molecule has 5 nitrogen and oxygen atoms in total. The zero-order chi connectivity index (χ0) is 25.6. The number of aromatic nitrogens is 1. The molecule has 0 bridgehead atoms. The van der Waals surface area contributed by atoms with Crippen molar-refractivity contribution in [2.24, 2.45) is 0 Å². The molecule has 3 aromatic carbocycles. The van der Waals surface area contributed by atoms with E-state index in [2.05, 4.69) is 15.6 Å². The number of halogens is 1. The molecular formula is C28H20FN3O2S3. The van der Waals surface area contributed by atoms with E-state index in [1.807, 2.05) is 65.4 Å². The maximum Gasteiger partial charge on any atom is 0.255 e. The Morgan fingerprint density at radius 3 is 2.30 bits per heavy atom. The predicted octanol–water partition coefficient (Wildman–Crippen LogP) is 7.74. The Kier molecular flexibility index (Phi) is 7.74. The fourth-order valence-corrected chi connectivity index (χ4v) is 6.00. The topological polar surface area (TPSA) is 71.1 Å². The van der Waals surface area contributed by atoms with Crippen LogP contribution >= 0.6 is 34.4 Å². The van der Waals surface area contributed by atoms with Gasteiger partial charge in [-0.1, -0.05) is 36.4 Å². The Labute approximate surface area is 225 Å². The molecule has 2 heterocycles. The fourth-order valence-electron chi connectivity index (χ4n) is 3.50. The van der Waals surface area contributed by atoms with E-state index in [1.54, 1.807) is 23.5 Å². The molecule has 9 heteroatoms. The average Bonchev–Trinajstić information content (AvgIpc) is 3.61. The van der Waals surface area contributed by atoms with Gasteiger partial charge in [-0.2, -0.15) is 0 Å². The first-order valence-electron chi connectivity index (χ1n) is 11.2. The highest BCUT2D eigenvalue weighted by Gasteiger charge is 2.23. The third-order valence-corrected chi connectivity index (χ3v) is 8.24. The van der Waals surface area contributed by atoms with Crippen molar-refractivity contribution in [2.45, 2.75) is 10.1 Å². The van der Waals surface area contributed by atoms with Crippen LogP contribution in [0.25, 0.3) is 10.6 Å². The van der Waals surface area contributed by atoms with Crippen LogP contribution in [-0.4, -0.2) is 16.8 Å². The first-order chi connectivity index (χ1) is 18.0. The van der Waals surface area contributed by atoms with Crippen molar-refractivity contribution in [3.63, 3.8) is 0 Å². The minimum atomic E-state index is -0.505. The summed E-state index contributed by atoms with van der Waals surface area (Å²) in [5, 5.41) is 9.75. The number of hydrogen-bond donors (Lipinski definition) is 2. The zero-order valence-corrected chi connectivity index (χ0v) is 21.7. The summed E-state index contributed by atoms with van der Waals surface area (Å²) in [6, 6.07) is 26.2. The molecule has 0 aliphatic carbocycles. The van der Waals surface area contributed by atoms with Gasteiger partial charge in [0.2, 0.25) is 5.91 Å². The van der Waals surface area contributed by atoms with E-state index in [4.69, 9.17) is 0 Å². The minimum Gasteiger partial charge on any atom is -0.322 e. The second-order valence-corrected chi connectivity index (χ2v) is 10.9. The van der Waals surface area contributed by atoms with Crippen LogP contribution in [0.3, 0.4) is 0 Å². The highest BCUT2D eigenvalue weighted by atomic mass is 32.2. The van der Waals surface area contributed by atoms with E-state index in [-0.39, 0.29) is 11.8 Å². The molecule has 0 aliphatic heterocycles. The van der Waals surface area contributed by atoms with Gasteiger partial charge in [0.05, 0.1) is 10.6 Å². The van der Waals surface area contributed by atoms with Gasteiger partial charge in [-0.15, -0.1) is 34.4 Å². The standard InChI is InChI=1S/C28H20FN3O2S3/c29-20-10-8-19(9-11-20)26(33)30-21-12-14-22(15-13-21)37-25(18-5-2-1-3-6-18)27(34)32-28-31-23(17-36-28)24-7-4-16-35-24/h1-17,25H,(H,30,33)(H,31,32,34). The van der Waals surface area contributed by atoms with E-state index >= 15 is 0 Å². The molecule has 1 atom stereocenters. The lowest BCUT2D eigenvalue weighted by molar-refractivity contribution is -0.115. The molecule has 37 heavy (non-hydrogen) atoms. The number of amides is 2. The van der Waals surface area contributed by atoms with Gasteiger partial charge < -0.3 is 10.6 Å². The number of thioether (sulfide) groups is 1. The number of nitrogens with zero attached hydrogens (tertiary/aromatic N) is 1. The van der Waals surface area contributed by atoms with Crippen molar-refractivity contribution < 1.29 is 14.0 Å². The van der Waals surface area contributed by atoms with Crippen molar-refractivity contribution in [1.82, 2.24) is 4.98 Å². The van der Waals surface area contributed by atoms with Crippen LogP contribution in [0.15, 0.2) is 107 Å². The summed E-state index contributed by atoms with van der Waals surface area (Å²) in [6.07, 6.45) is 0. The SMILES string of the molecule is O=C(Nc1ccc(SC(C(=O)Nc2nc(-c3cccs3)cs2)c2ccccc2)cc1)c1ccc(F)cc1. The van der Waals surface area contributed by atoms with Crippen LogP contribution in [0, 0.1) is 5.82 Å². The number of thiazole rings is 1. The van der Waals surface area contributed by atoms with Gasteiger partial charge in [-0.05, 0) is 65.5 Å². The van der Waals surface area contributed by atoms with Crippen molar-refractivity contribution in [3.8, 4) is 10.6 Å². The van der Waals surface area contributed by atoms with Crippen LogP contribution in [0.2, 0.25) is 0 Å². The maximum absolute atomic E-state index is 13.4. The zero-order valence-electron chi connectivity index (χ0n) is 19.3. The van der Waals surface area contributed by atoms with Gasteiger partial charge in [-0.25, -0.2) is 9.37 Å². The largest absolute Gasteiger partial charge is 0.322 e. The normalized spacial score (nSPS) is 11.6. The molecule has 184 valence electrons. The smallest absolute Gasteiger partial charge is 0.255 e. The quantitative estimate of drug-likeness (QED) is 0.196. The Morgan fingerprint density at radius 1 is 0.838 bits per heavy atom. The van der Waals surface area contributed by atoms with Crippen LogP contribution in [0.4, 0.5) is 15.2 Å². The predicted molar refractivity (Wildman–Crippen MR) is 150 cm³/mol. The number of thiophene rings is 1. The van der Waals surface area contributed by atoms with Gasteiger partial charge in [0.15, 0.2) is 5.13 Å². The summed E-state index contributed by atoms with van der Waals surface area (Å²) < 4.78 is 13.1. The van der Waals surface area contributed by atoms with Crippen molar-refractivity contribution in [3.05, 3.63) is 119 Å². The molecule has 0 radical (unpaired) electrons. The second kappa shape index (κ2) is 11.5. The molecule has 2 aromatic heterocycles. The average molecular weight is 546 g/mol. The lowest BCUT2D eigenvalue weighted by atomic mass is 10.1. The molecule has 0 saturated heterocycles. The number of rotatable bonds is 8. The Morgan fingerprint density at radius 2 is 1.59 bits per heavy atom. The number of benzene rings is 3. The molecule has 5 aromatic rings. The van der Waals surface area contributed by atoms with E-state index in [9.17, 15) is 14.0 Å². The molecule has 0 spiro atoms. The molecule has 0 saturated carbocycles. The first-order valence-corrected chi connectivity index (χ1v) is 13.9. The van der Waals surface area contributed by atoms with Crippen LogP contribution in [-0.2, 0) is 4.79 Å². The Balaban J connectivity index is 1.29. The number of hydrogen-bond acceptors (Lipinski definition) is 6. The Hall–Kier alpha value is -3.79. The van der Waals surface area contributed by atoms with Gasteiger partial charge in [0, 0.05) is 21.5 Å². The number of carbonyl (C=O) groups excluding carboxylic acids is 2. The first kappa shape index (κ1) is 24.9. The van der Waals surface area contributed by atoms with Crippen LogP contribution < -0.4 is 10.6 Å². The third-order valence-electron chi connectivity index (χ3n) is 5.32. The number of nitrogens with one attached hydrogen (secondary N) is 2. The molecular weight excluding hydrogens is 526 g/mol. The van der Waals surface area contributed by atoms with E-state index in [1.165, 1.54) is 47.4 Å². The molecule has 5 rings (SSSR count). The summed E-state index contributed by atoms with van der Waals surface area (Å²) in [5.41, 5.74) is 2.68. The lowest BCUT2D eigenvalue weighted by Gasteiger charge is -2.16. The van der Waals surface area contributed by atoms with Crippen molar-refractivity contribution in [2.75, 3.05) is 10.6 Å². The molecule has 2 amide bonds. The van der Waals surface area contributed by atoms with E-state index in [0.29, 0.717) is 16.4 Å². The highest BCUT2D eigenvalue weighted by molar-refractivity contribution is 8.00. The molecule has 1 unspecified atom stereocenters. The molecule has 0 fully saturated rings. The van der Waals surface area contributed by atoms with Crippen molar-refractivity contribution in [1.29, 1.82) is 0 Å². The van der Waals surface area contributed by atoms with Crippen LogP contribution in [0.5, 0.6) is 0 Å². The lowest BCUT2D eigenvalue weighted by Crippen LogP contribution is -2.19. The van der Waals surface area contributed by atoms with Crippen molar-refractivity contribution >= 4 is 57.1 Å². The summed E-state index contributed by atoms with van der Waals surface area (Å²) in [7, 11) is 0. The van der Waals surface area contributed by atoms with Gasteiger partial charge in [0.25, 0.3) is 5.91 Å². The Bertz CT molecular complexity index is 1490. The van der Waals surface area contributed by atoms with Crippen LogP contribution in [0.1, 0.15) is 21.2 Å². The summed E-state index contributed by atoms with van der Waals surface area (Å²) in [4.78, 5) is 32.3. The third kappa shape index (κ3) is 6.32. The molecule has 2 N–H and O–H groups in total. The molecule has 0 aliphatic rings. The van der Waals surface area contributed by atoms with E-state index < -0.39 is 11.1 Å². The van der Waals surface area contributed by atoms with Gasteiger partial charge in [0.1, 0.15) is 11.1 Å². The highest BCUT2D eigenvalue weighted by Crippen LogP contribution is 2.37. The summed E-state index contributed by atoms with van der Waals surface area (Å²) in [5.74, 6) is -0.892. The van der Waals surface area contributed by atoms with Gasteiger partial charge >= 0.3 is 0 Å². The summed E-state index contributed by atoms with van der Waals surface area (Å²) >= 11 is 4.41. The summed E-state index contributed by atoms with van der Waals surface area (Å²) in [6.45, 7) is 0. The minimum absolute atomic E-state index is 0.169. The number of anilines is 2. The monoisotopic (exact) mass is 545 g/mol. The van der Waals surface area contributed by atoms with Gasteiger partial charge in [-0.3, -0.25) is 9.59 Å². The second-order valence-electron chi connectivity index (χ2n) is 7.90. The van der Waals surface area contributed by atoms with E-state index in [0.717, 1.165) is 21.0 Å². The maximum atomic E-state index is 13.4. The fraction of sp³-hybridized carbons (Fsp3) is 0.0357. The number of carbonyl (C=O) groups is 2.